The highest BCUT2D eigenvalue weighted by Gasteiger charge is 2.25. The fourth-order valence-corrected chi connectivity index (χ4v) is 3.21. The van der Waals surface area contributed by atoms with Crippen molar-refractivity contribution < 1.29 is 0 Å². The van der Waals surface area contributed by atoms with E-state index in [-0.39, 0.29) is 0 Å². The molecule has 0 aromatic heterocycles. The van der Waals surface area contributed by atoms with Gasteiger partial charge >= 0.3 is 0 Å². The third-order valence-electron chi connectivity index (χ3n) is 3.18. The Hall–Kier alpha value is -1.38. The van der Waals surface area contributed by atoms with Crippen LogP contribution in [0.2, 0.25) is 0 Å². The van der Waals surface area contributed by atoms with Crippen LogP contribution in [-0.2, 0) is 0 Å². The molecule has 0 atom stereocenters. The summed E-state index contributed by atoms with van der Waals surface area (Å²) in [6.45, 7) is 0. The molecule has 0 unspecified atom stereocenters. The van der Waals surface area contributed by atoms with Crippen LogP contribution in [0.5, 0.6) is 0 Å². The molecule has 0 bridgehead atoms. The first-order valence-electron chi connectivity index (χ1n) is 6.35. The first kappa shape index (κ1) is 13.6. The number of rotatable bonds is 2. The van der Waals surface area contributed by atoms with Gasteiger partial charge in [-0.1, -0.05) is 60.7 Å². The minimum absolute atomic E-state index is 1.13. The molecule has 0 amide bonds. The van der Waals surface area contributed by atoms with Crippen LogP contribution in [0.1, 0.15) is 11.1 Å². The molecule has 3 rings (SSSR count). The first-order valence-corrected chi connectivity index (χ1v) is 7.94. The van der Waals surface area contributed by atoms with Gasteiger partial charge in [0.2, 0.25) is 0 Å². The van der Waals surface area contributed by atoms with Crippen LogP contribution in [0.3, 0.4) is 0 Å². The highest BCUT2D eigenvalue weighted by Crippen LogP contribution is 2.48. The van der Waals surface area contributed by atoms with Crippen molar-refractivity contribution in [3.05, 3.63) is 91.9 Å². The van der Waals surface area contributed by atoms with Crippen LogP contribution >= 0.6 is 31.9 Å². The lowest BCUT2D eigenvalue weighted by Crippen LogP contribution is -2.04. The van der Waals surface area contributed by atoms with Crippen molar-refractivity contribution in [2.24, 2.45) is 0 Å². The molecule has 0 N–H and O–H groups in total. The number of allylic oxidation sites excluding steroid dienone is 4. The third-order valence-corrected chi connectivity index (χ3v) is 5.36. The molecule has 1 aliphatic rings. The molecule has 0 saturated heterocycles. The van der Waals surface area contributed by atoms with Crippen LogP contribution < -0.4 is 0 Å². The lowest BCUT2D eigenvalue weighted by atomic mass is 9.91. The Balaban J connectivity index is 2.00. The van der Waals surface area contributed by atoms with Gasteiger partial charge < -0.3 is 0 Å². The Bertz CT molecular complexity index is 644. The third kappa shape index (κ3) is 2.72. The van der Waals surface area contributed by atoms with Crippen LogP contribution in [0.15, 0.2) is 80.8 Å². The predicted octanol–water partition coefficient (Wildman–Crippen LogP) is 6.17. The molecule has 2 aromatic rings. The van der Waals surface area contributed by atoms with E-state index in [0.717, 1.165) is 8.96 Å². The summed E-state index contributed by atoms with van der Waals surface area (Å²) in [5.41, 5.74) is 4.87. The maximum absolute atomic E-state index is 3.63. The molecule has 98 valence electrons. The van der Waals surface area contributed by atoms with Gasteiger partial charge in [-0.2, -0.15) is 0 Å². The zero-order chi connectivity index (χ0) is 13.9. The highest BCUT2D eigenvalue weighted by molar-refractivity contribution is 9.14. The molecule has 1 aliphatic carbocycles. The molecule has 0 heterocycles. The molecule has 2 heteroatoms. The summed E-state index contributed by atoms with van der Waals surface area (Å²) in [7, 11) is 0. The maximum Gasteiger partial charge on any atom is 0.0402 e. The second kappa shape index (κ2) is 5.94. The van der Waals surface area contributed by atoms with E-state index in [2.05, 4.69) is 92.5 Å². The van der Waals surface area contributed by atoms with Gasteiger partial charge in [-0.25, -0.2) is 0 Å². The van der Waals surface area contributed by atoms with Crippen LogP contribution in [-0.4, -0.2) is 0 Å². The summed E-state index contributed by atoms with van der Waals surface area (Å²) in [5, 5.41) is 0. The number of benzene rings is 2. The molecule has 0 spiro atoms. The van der Waals surface area contributed by atoms with Gasteiger partial charge in [-0.3, -0.25) is 0 Å². The van der Waals surface area contributed by atoms with E-state index in [0.29, 0.717) is 0 Å². The Morgan fingerprint density at radius 2 is 0.900 bits per heavy atom. The SMILES string of the molecule is BrC1=C(Br)C(=C\c2ccccc2)/C1=C/c1ccccc1. The van der Waals surface area contributed by atoms with Gasteiger partial charge in [0.15, 0.2) is 0 Å². The second-order valence-electron chi connectivity index (χ2n) is 4.57. The van der Waals surface area contributed by atoms with Crippen LogP contribution in [0.25, 0.3) is 12.2 Å². The number of hydrogen-bond donors (Lipinski definition) is 0. The number of hydrogen-bond acceptors (Lipinski definition) is 0. The fraction of sp³-hybridized carbons (Fsp3) is 0. The smallest absolute Gasteiger partial charge is 0.0402 e. The van der Waals surface area contributed by atoms with Crippen LogP contribution in [0, 0.1) is 0 Å². The normalized spacial score (nSPS) is 18.5. The van der Waals surface area contributed by atoms with Crippen molar-refractivity contribution in [1.29, 1.82) is 0 Å². The zero-order valence-corrected chi connectivity index (χ0v) is 13.9. The summed E-state index contributed by atoms with van der Waals surface area (Å²) in [6.07, 6.45) is 4.40. The molecule has 0 fully saturated rings. The van der Waals surface area contributed by atoms with Gasteiger partial charge in [0.05, 0.1) is 0 Å². The van der Waals surface area contributed by atoms with Gasteiger partial charge in [-0.15, -0.1) is 0 Å². The zero-order valence-electron chi connectivity index (χ0n) is 10.7. The summed E-state index contributed by atoms with van der Waals surface area (Å²) in [5.74, 6) is 0. The van der Waals surface area contributed by atoms with Gasteiger partial charge in [0.25, 0.3) is 0 Å². The van der Waals surface area contributed by atoms with Crippen molar-refractivity contribution in [3.8, 4) is 0 Å². The molecular formula is C18H12Br2. The van der Waals surface area contributed by atoms with Gasteiger partial charge in [0.1, 0.15) is 0 Å². The van der Waals surface area contributed by atoms with Gasteiger partial charge in [-0.05, 0) is 66.3 Å². The molecular weight excluding hydrogens is 376 g/mol. The van der Waals surface area contributed by atoms with Crippen molar-refractivity contribution in [2.45, 2.75) is 0 Å². The minimum Gasteiger partial charge on any atom is -0.0622 e. The lowest BCUT2D eigenvalue weighted by molar-refractivity contribution is 1.44. The Labute approximate surface area is 135 Å². The Kier molecular flexibility index (Phi) is 4.04. The van der Waals surface area contributed by atoms with E-state index in [9.17, 15) is 0 Å². The minimum atomic E-state index is 1.13. The van der Waals surface area contributed by atoms with E-state index in [1.807, 2.05) is 12.1 Å². The average molecular weight is 388 g/mol. The fourth-order valence-electron chi connectivity index (χ4n) is 2.12. The quantitative estimate of drug-likeness (QED) is 0.578. The Morgan fingerprint density at radius 3 is 1.25 bits per heavy atom. The van der Waals surface area contributed by atoms with E-state index in [4.69, 9.17) is 0 Å². The average Bonchev–Trinajstić information content (AvgIpc) is 2.52. The largest absolute Gasteiger partial charge is 0.0622 e. The van der Waals surface area contributed by atoms with Crippen molar-refractivity contribution in [1.82, 2.24) is 0 Å². The molecule has 2 aromatic carbocycles. The van der Waals surface area contributed by atoms with Gasteiger partial charge in [0, 0.05) is 8.96 Å². The molecule has 0 saturated carbocycles. The Morgan fingerprint density at radius 1 is 0.550 bits per heavy atom. The maximum atomic E-state index is 3.63. The first-order chi connectivity index (χ1) is 9.75. The lowest BCUT2D eigenvalue weighted by Gasteiger charge is -2.23. The van der Waals surface area contributed by atoms with Crippen molar-refractivity contribution >= 4 is 44.0 Å². The summed E-state index contributed by atoms with van der Waals surface area (Å²) in [6, 6.07) is 20.7. The molecule has 0 nitrogen and oxygen atoms in total. The molecule has 20 heavy (non-hydrogen) atoms. The summed E-state index contributed by atoms with van der Waals surface area (Å²) < 4.78 is 2.26. The highest BCUT2D eigenvalue weighted by atomic mass is 79.9. The molecule has 0 radical (unpaired) electrons. The second-order valence-corrected chi connectivity index (χ2v) is 6.15. The van der Waals surface area contributed by atoms with Crippen LogP contribution in [0.4, 0.5) is 0 Å². The monoisotopic (exact) mass is 386 g/mol. The van der Waals surface area contributed by atoms with E-state index in [1.54, 1.807) is 0 Å². The number of halogens is 2. The van der Waals surface area contributed by atoms with E-state index in [1.165, 1.54) is 22.3 Å². The summed E-state index contributed by atoms with van der Waals surface area (Å²) in [4.78, 5) is 0. The van der Waals surface area contributed by atoms with Crippen molar-refractivity contribution in [3.63, 3.8) is 0 Å². The van der Waals surface area contributed by atoms with Crippen molar-refractivity contribution in [2.75, 3.05) is 0 Å². The van der Waals surface area contributed by atoms with E-state index < -0.39 is 0 Å². The van der Waals surface area contributed by atoms with E-state index >= 15 is 0 Å². The predicted molar refractivity (Wildman–Crippen MR) is 93.7 cm³/mol. The topological polar surface area (TPSA) is 0 Å². The summed E-state index contributed by atoms with van der Waals surface area (Å²) >= 11 is 7.25. The molecule has 0 aliphatic heterocycles. The standard InChI is InChI=1S/C18H12Br2/c19-17-15(11-13-7-3-1-4-8-13)16(18(17)20)12-14-9-5-2-6-10-14/h1-12H/b15-11-,16-12-.